The molecule has 3 aromatic carbocycles. The van der Waals surface area contributed by atoms with Crippen LogP contribution in [0.2, 0.25) is 0 Å². The van der Waals surface area contributed by atoms with E-state index in [9.17, 15) is 24.6 Å². The number of methoxy groups -OCH3 is 1. The van der Waals surface area contributed by atoms with Gasteiger partial charge in [0.15, 0.2) is 6.10 Å². The average molecular weight is 567 g/mol. The van der Waals surface area contributed by atoms with Gasteiger partial charge in [0.25, 0.3) is 0 Å². The Morgan fingerprint density at radius 1 is 0.780 bits per heavy atom. The molecule has 11 heteroatoms. The standard InChI is InChI=1S/C30H34N2O9/c1-3-39-28(35)27(34)26(33)25(18-21-14-16-24(38-2)17-15-21)32(30(37)41-20-23-12-8-5-9-13-23)31-29(36)40-19-22-10-6-4-7-11-22/h4-17,25-27,33-34H,3,18-20H2,1-2H3,(H,31,36)/t25-,26+,27-/m1/s1. The number of aliphatic hydroxyl groups excluding tert-OH is 2. The molecule has 2 amide bonds. The van der Waals surface area contributed by atoms with Crippen LogP contribution in [0.25, 0.3) is 0 Å². The van der Waals surface area contributed by atoms with Crippen LogP contribution in [0, 0.1) is 0 Å². The van der Waals surface area contributed by atoms with Crippen LogP contribution in [-0.2, 0) is 38.6 Å². The number of benzene rings is 3. The van der Waals surface area contributed by atoms with Crippen molar-refractivity contribution in [2.45, 2.75) is 44.8 Å². The minimum absolute atomic E-state index is 0.0430. The first kappa shape index (κ1) is 30.9. The van der Waals surface area contributed by atoms with Crippen LogP contribution >= 0.6 is 0 Å². The number of carbonyl (C=O) groups excluding carboxylic acids is 3. The van der Waals surface area contributed by atoms with Gasteiger partial charge in [-0.1, -0.05) is 72.8 Å². The second kappa shape index (κ2) is 15.8. The zero-order valence-corrected chi connectivity index (χ0v) is 22.8. The summed E-state index contributed by atoms with van der Waals surface area (Å²) in [6.07, 6.45) is -6.12. The van der Waals surface area contributed by atoms with Gasteiger partial charge >= 0.3 is 18.2 Å². The number of nitrogens with one attached hydrogen (secondary N) is 1. The van der Waals surface area contributed by atoms with Crippen molar-refractivity contribution in [2.24, 2.45) is 0 Å². The summed E-state index contributed by atoms with van der Waals surface area (Å²) in [7, 11) is 1.51. The molecule has 11 nitrogen and oxygen atoms in total. The summed E-state index contributed by atoms with van der Waals surface area (Å²) in [6, 6.07) is 23.0. The molecule has 0 aromatic heterocycles. The van der Waals surface area contributed by atoms with Crippen molar-refractivity contribution in [3.05, 3.63) is 102 Å². The fourth-order valence-corrected chi connectivity index (χ4v) is 3.85. The Labute approximate surface area is 238 Å². The predicted molar refractivity (Wildman–Crippen MR) is 147 cm³/mol. The SMILES string of the molecule is CCOC(=O)[C@H](O)[C@@H](O)[C@@H](Cc1ccc(OC)cc1)N(NC(=O)OCc1ccccc1)C(=O)OCc1ccccc1. The third-order valence-electron chi connectivity index (χ3n) is 6.01. The molecule has 3 N–H and O–H groups in total. The molecule has 0 radical (unpaired) electrons. The Hall–Kier alpha value is -4.61. The van der Waals surface area contributed by atoms with E-state index in [0.717, 1.165) is 0 Å². The zero-order valence-electron chi connectivity index (χ0n) is 22.8. The quantitative estimate of drug-likeness (QED) is 0.171. The second-order valence-corrected chi connectivity index (χ2v) is 8.89. The van der Waals surface area contributed by atoms with Gasteiger partial charge in [-0.2, -0.15) is 0 Å². The summed E-state index contributed by atoms with van der Waals surface area (Å²) in [4.78, 5) is 38.5. The van der Waals surface area contributed by atoms with Gasteiger partial charge in [0.05, 0.1) is 19.8 Å². The van der Waals surface area contributed by atoms with E-state index >= 15 is 0 Å². The van der Waals surface area contributed by atoms with Crippen LogP contribution in [0.1, 0.15) is 23.6 Å². The molecule has 0 aliphatic rings. The number of esters is 1. The molecule has 0 saturated heterocycles. The lowest BCUT2D eigenvalue weighted by Gasteiger charge is -2.35. The van der Waals surface area contributed by atoms with E-state index in [1.165, 1.54) is 7.11 Å². The molecule has 3 rings (SSSR count). The number of ether oxygens (including phenoxy) is 4. The first-order valence-electron chi connectivity index (χ1n) is 12.9. The van der Waals surface area contributed by atoms with Gasteiger partial charge in [-0.3, -0.25) is 0 Å². The van der Waals surface area contributed by atoms with Crippen LogP contribution in [0.15, 0.2) is 84.9 Å². The van der Waals surface area contributed by atoms with E-state index in [1.807, 2.05) is 6.07 Å². The van der Waals surface area contributed by atoms with Gasteiger partial charge < -0.3 is 29.2 Å². The molecule has 0 bridgehead atoms. The van der Waals surface area contributed by atoms with E-state index in [-0.39, 0.29) is 26.2 Å². The van der Waals surface area contributed by atoms with Crippen LogP contribution in [0.5, 0.6) is 5.75 Å². The third kappa shape index (κ3) is 9.52. The van der Waals surface area contributed by atoms with Gasteiger partial charge in [0.1, 0.15) is 25.1 Å². The van der Waals surface area contributed by atoms with Crippen molar-refractivity contribution in [3.63, 3.8) is 0 Å². The molecule has 3 atom stereocenters. The minimum Gasteiger partial charge on any atom is -0.497 e. The Morgan fingerprint density at radius 2 is 1.34 bits per heavy atom. The van der Waals surface area contributed by atoms with E-state index in [0.29, 0.717) is 27.4 Å². The van der Waals surface area contributed by atoms with Crippen LogP contribution in [-0.4, -0.2) is 65.3 Å². The van der Waals surface area contributed by atoms with E-state index in [4.69, 9.17) is 18.9 Å². The Morgan fingerprint density at radius 3 is 1.88 bits per heavy atom. The molecule has 0 spiro atoms. The Balaban J connectivity index is 1.90. The summed E-state index contributed by atoms with van der Waals surface area (Å²) in [6.45, 7) is 1.25. The van der Waals surface area contributed by atoms with Crippen LogP contribution in [0.4, 0.5) is 9.59 Å². The highest BCUT2D eigenvalue weighted by Crippen LogP contribution is 2.19. The smallest absolute Gasteiger partial charge is 0.429 e. The lowest BCUT2D eigenvalue weighted by Crippen LogP contribution is -2.60. The summed E-state index contributed by atoms with van der Waals surface area (Å²) in [5, 5.41) is 22.5. The van der Waals surface area contributed by atoms with Gasteiger partial charge in [-0.15, -0.1) is 0 Å². The number of hydrazine groups is 1. The summed E-state index contributed by atoms with van der Waals surface area (Å²) < 4.78 is 20.8. The lowest BCUT2D eigenvalue weighted by molar-refractivity contribution is -0.162. The lowest BCUT2D eigenvalue weighted by atomic mass is 9.97. The highest BCUT2D eigenvalue weighted by molar-refractivity contribution is 5.76. The van der Waals surface area contributed by atoms with E-state index in [1.54, 1.807) is 85.8 Å². The highest BCUT2D eigenvalue weighted by Gasteiger charge is 2.40. The predicted octanol–water partition coefficient (Wildman–Crippen LogP) is 3.37. The first-order valence-corrected chi connectivity index (χ1v) is 12.9. The number of hydrogen-bond donors (Lipinski definition) is 3. The average Bonchev–Trinajstić information content (AvgIpc) is 3.01. The molecule has 0 aliphatic heterocycles. The molecule has 0 saturated carbocycles. The zero-order chi connectivity index (χ0) is 29.6. The number of hydrogen-bond acceptors (Lipinski definition) is 9. The molecule has 41 heavy (non-hydrogen) atoms. The largest absolute Gasteiger partial charge is 0.497 e. The number of carbonyl (C=O) groups is 3. The maximum Gasteiger partial charge on any atom is 0.429 e. The van der Waals surface area contributed by atoms with E-state index < -0.39 is 36.4 Å². The molecular weight excluding hydrogens is 532 g/mol. The number of rotatable bonds is 12. The molecule has 0 fully saturated rings. The Bertz CT molecular complexity index is 1240. The maximum atomic E-state index is 13.4. The van der Waals surface area contributed by atoms with Crippen molar-refractivity contribution >= 4 is 18.2 Å². The fourth-order valence-electron chi connectivity index (χ4n) is 3.85. The topological polar surface area (TPSA) is 144 Å². The second-order valence-electron chi connectivity index (χ2n) is 8.89. The monoisotopic (exact) mass is 566 g/mol. The normalized spacial score (nSPS) is 12.8. The van der Waals surface area contributed by atoms with Gasteiger partial charge in [0.2, 0.25) is 0 Å². The van der Waals surface area contributed by atoms with Gasteiger partial charge in [-0.25, -0.2) is 24.8 Å². The summed E-state index contributed by atoms with van der Waals surface area (Å²) in [5.74, 6) is -0.525. The Kier molecular flexibility index (Phi) is 12.0. The molecule has 3 aromatic rings. The highest BCUT2D eigenvalue weighted by atomic mass is 16.6. The van der Waals surface area contributed by atoms with E-state index in [2.05, 4.69) is 5.43 Å². The maximum absolute atomic E-state index is 13.4. The number of amides is 2. The van der Waals surface area contributed by atoms with Crippen molar-refractivity contribution in [2.75, 3.05) is 13.7 Å². The fraction of sp³-hybridized carbons (Fsp3) is 0.300. The van der Waals surface area contributed by atoms with Crippen molar-refractivity contribution in [3.8, 4) is 5.75 Å². The minimum atomic E-state index is -2.04. The van der Waals surface area contributed by atoms with Crippen molar-refractivity contribution in [1.82, 2.24) is 10.4 Å². The van der Waals surface area contributed by atoms with Crippen LogP contribution < -0.4 is 10.2 Å². The molecule has 0 unspecified atom stereocenters. The first-order chi connectivity index (χ1) is 19.8. The molecule has 0 heterocycles. The molecule has 218 valence electrons. The molecular formula is C30H34N2O9. The van der Waals surface area contributed by atoms with Crippen LogP contribution in [0.3, 0.4) is 0 Å². The van der Waals surface area contributed by atoms with Crippen molar-refractivity contribution in [1.29, 1.82) is 0 Å². The summed E-state index contributed by atoms with van der Waals surface area (Å²) in [5.41, 5.74) is 4.29. The third-order valence-corrected chi connectivity index (χ3v) is 6.01. The number of nitrogens with zero attached hydrogens (tertiary/aromatic N) is 1. The van der Waals surface area contributed by atoms with Crippen molar-refractivity contribution < 1.29 is 43.5 Å². The number of aliphatic hydroxyl groups is 2. The molecule has 0 aliphatic carbocycles. The van der Waals surface area contributed by atoms with Gasteiger partial charge in [0, 0.05) is 0 Å². The van der Waals surface area contributed by atoms with Gasteiger partial charge in [-0.05, 0) is 42.2 Å². The summed E-state index contributed by atoms with van der Waals surface area (Å²) >= 11 is 0.